The predicted octanol–water partition coefficient (Wildman–Crippen LogP) is 4.63. The zero-order valence-corrected chi connectivity index (χ0v) is 13.1. The molecule has 0 spiro atoms. The van der Waals surface area contributed by atoms with Gasteiger partial charge in [-0.25, -0.2) is 0 Å². The van der Waals surface area contributed by atoms with Crippen molar-refractivity contribution in [1.82, 2.24) is 0 Å². The van der Waals surface area contributed by atoms with E-state index in [0.717, 1.165) is 17.5 Å². The largest absolute Gasteiger partial charge is 0.573 e. The lowest BCUT2D eigenvalue weighted by atomic mass is 9.84. The van der Waals surface area contributed by atoms with Crippen LogP contribution in [0, 0.1) is 5.41 Å². The van der Waals surface area contributed by atoms with Gasteiger partial charge in [-0.3, -0.25) is 0 Å². The molecule has 0 aliphatic heterocycles. The third kappa shape index (κ3) is 5.96. The number of rotatable bonds is 6. The molecular formula is C16H24F3NO. The fraction of sp³-hybridized carbons (Fsp3) is 0.625. The highest BCUT2D eigenvalue weighted by Gasteiger charge is 2.31. The summed E-state index contributed by atoms with van der Waals surface area (Å²) in [5.41, 5.74) is 7.63. The second kappa shape index (κ2) is 6.69. The second-order valence-electron chi connectivity index (χ2n) is 6.43. The average molecular weight is 303 g/mol. The van der Waals surface area contributed by atoms with Crippen molar-refractivity contribution < 1.29 is 17.9 Å². The molecule has 1 aromatic carbocycles. The third-order valence-corrected chi connectivity index (χ3v) is 3.59. The molecule has 2 nitrogen and oxygen atoms in total. The minimum Gasteiger partial charge on any atom is -0.406 e. The lowest BCUT2D eigenvalue weighted by Crippen LogP contribution is -2.24. The van der Waals surface area contributed by atoms with Gasteiger partial charge in [0.25, 0.3) is 0 Å². The Morgan fingerprint density at radius 2 is 1.81 bits per heavy atom. The molecule has 2 N–H and O–H groups in total. The van der Waals surface area contributed by atoms with Crippen molar-refractivity contribution in [3.63, 3.8) is 0 Å². The van der Waals surface area contributed by atoms with E-state index < -0.39 is 6.36 Å². The van der Waals surface area contributed by atoms with Crippen LogP contribution in [0.1, 0.15) is 51.2 Å². The van der Waals surface area contributed by atoms with Gasteiger partial charge >= 0.3 is 6.36 Å². The molecule has 0 radical (unpaired) electrons. The molecule has 0 aliphatic rings. The maximum Gasteiger partial charge on any atom is 0.573 e. The minimum atomic E-state index is -4.66. The summed E-state index contributed by atoms with van der Waals surface area (Å²) in [4.78, 5) is 0. The zero-order valence-electron chi connectivity index (χ0n) is 13.1. The molecule has 0 fully saturated rings. The molecule has 5 heteroatoms. The van der Waals surface area contributed by atoms with Crippen LogP contribution in [0.25, 0.3) is 0 Å². The standard InChI is InChI=1S/C16H24F3NO/c1-11(2)14-6-5-13(21-16(17,18)19)9-12(14)7-8-15(3,4)10-20/h5-6,9,11H,7-8,10,20H2,1-4H3. The van der Waals surface area contributed by atoms with Crippen LogP contribution in [0.5, 0.6) is 5.75 Å². The summed E-state index contributed by atoms with van der Waals surface area (Å²) in [6.45, 7) is 8.70. The summed E-state index contributed by atoms with van der Waals surface area (Å²) in [5, 5.41) is 0. The lowest BCUT2D eigenvalue weighted by Gasteiger charge is -2.23. The van der Waals surface area contributed by atoms with Crippen molar-refractivity contribution in [1.29, 1.82) is 0 Å². The molecule has 0 heterocycles. The smallest absolute Gasteiger partial charge is 0.406 e. The summed E-state index contributed by atoms with van der Waals surface area (Å²) in [7, 11) is 0. The summed E-state index contributed by atoms with van der Waals surface area (Å²) in [6.07, 6.45) is -3.15. The minimum absolute atomic E-state index is 0.0326. The Bertz CT molecular complexity index is 467. The van der Waals surface area contributed by atoms with E-state index in [1.807, 2.05) is 13.8 Å². The predicted molar refractivity (Wildman–Crippen MR) is 78.4 cm³/mol. The first kappa shape index (κ1) is 17.8. The Kier molecular flexibility index (Phi) is 5.68. The first-order chi connectivity index (χ1) is 9.54. The maximum absolute atomic E-state index is 12.3. The van der Waals surface area contributed by atoms with E-state index in [-0.39, 0.29) is 17.1 Å². The molecule has 1 aromatic rings. The van der Waals surface area contributed by atoms with Crippen LogP contribution in [-0.4, -0.2) is 12.9 Å². The Labute approximate surface area is 124 Å². The summed E-state index contributed by atoms with van der Waals surface area (Å²) in [6, 6.07) is 4.59. The summed E-state index contributed by atoms with van der Waals surface area (Å²) >= 11 is 0. The highest BCUT2D eigenvalue weighted by atomic mass is 19.4. The molecule has 0 amide bonds. The number of hydrogen-bond donors (Lipinski definition) is 1. The van der Waals surface area contributed by atoms with Crippen LogP contribution in [-0.2, 0) is 6.42 Å². The Hall–Kier alpha value is -1.23. The monoisotopic (exact) mass is 303 g/mol. The van der Waals surface area contributed by atoms with E-state index in [1.54, 1.807) is 6.07 Å². The SMILES string of the molecule is CC(C)c1ccc(OC(F)(F)F)cc1CCC(C)(C)CN. The van der Waals surface area contributed by atoms with Gasteiger partial charge in [0.15, 0.2) is 0 Å². The molecular weight excluding hydrogens is 279 g/mol. The number of benzene rings is 1. The van der Waals surface area contributed by atoms with Gasteiger partial charge in [0.2, 0.25) is 0 Å². The Balaban J connectivity index is 2.99. The molecule has 0 bridgehead atoms. The van der Waals surface area contributed by atoms with Crippen LogP contribution >= 0.6 is 0 Å². The molecule has 0 saturated heterocycles. The van der Waals surface area contributed by atoms with E-state index in [9.17, 15) is 13.2 Å². The molecule has 0 aromatic heterocycles. The van der Waals surface area contributed by atoms with Crippen LogP contribution in [0.3, 0.4) is 0 Å². The van der Waals surface area contributed by atoms with Gasteiger partial charge in [-0.05, 0) is 54.0 Å². The van der Waals surface area contributed by atoms with Crippen LogP contribution in [0.4, 0.5) is 13.2 Å². The van der Waals surface area contributed by atoms with Crippen LogP contribution in [0.15, 0.2) is 18.2 Å². The second-order valence-corrected chi connectivity index (χ2v) is 6.43. The fourth-order valence-electron chi connectivity index (χ4n) is 2.13. The highest BCUT2D eigenvalue weighted by molar-refractivity contribution is 5.37. The van der Waals surface area contributed by atoms with Gasteiger partial charge in [0.1, 0.15) is 5.75 Å². The van der Waals surface area contributed by atoms with Crippen molar-refractivity contribution in [3.8, 4) is 5.75 Å². The average Bonchev–Trinajstić information content (AvgIpc) is 2.34. The third-order valence-electron chi connectivity index (χ3n) is 3.59. The molecule has 0 saturated carbocycles. The molecule has 120 valence electrons. The normalized spacial score (nSPS) is 12.8. The molecule has 21 heavy (non-hydrogen) atoms. The summed E-state index contributed by atoms with van der Waals surface area (Å²) < 4.78 is 41.0. The van der Waals surface area contributed by atoms with Gasteiger partial charge in [-0.2, -0.15) is 0 Å². The van der Waals surface area contributed by atoms with E-state index in [0.29, 0.717) is 13.0 Å². The Morgan fingerprint density at radius 3 is 2.29 bits per heavy atom. The number of ether oxygens (including phenoxy) is 1. The number of aryl methyl sites for hydroxylation is 1. The molecule has 0 aliphatic carbocycles. The van der Waals surface area contributed by atoms with Gasteiger partial charge in [0, 0.05) is 0 Å². The Morgan fingerprint density at radius 1 is 1.19 bits per heavy atom. The van der Waals surface area contributed by atoms with Crippen molar-refractivity contribution in [2.45, 2.75) is 52.8 Å². The quantitative estimate of drug-likeness (QED) is 0.832. The topological polar surface area (TPSA) is 35.2 Å². The van der Waals surface area contributed by atoms with Gasteiger partial charge in [-0.1, -0.05) is 33.8 Å². The first-order valence-electron chi connectivity index (χ1n) is 7.13. The van der Waals surface area contributed by atoms with Gasteiger partial charge < -0.3 is 10.5 Å². The lowest BCUT2D eigenvalue weighted by molar-refractivity contribution is -0.274. The van der Waals surface area contributed by atoms with Crippen molar-refractivity contribution in [2.75, 3.05) is 6.54 Å². The van der Waals surface area contributed by atoms with E-state index in [1.165, 1.54) is 12.1 Å². The van der Waals surface area contributed by atoms with Crippen LogP contribution < -0.4 is 10.5 Å². The van der Waals surface area contributed by atoms with Crippen molar-refractivity contribution >= 4 is 0 Å². The van der Waals surface area contributed by atoms with Crippen molar-refractivity contribution in [3.05, 3.63) is 29.3 Å². The van der Waals surface area contributed by atoms with Gasteiger partial charge in [-0.15, -0.1) is 13.2 Å². The molecule has 1 rings (SSSR count). The zero-order chi connectivity index (χ0) is 16.3. The summed E-state index contributed by atoms with van der Waals surface area (Å²) in [5.74, 6) is 0.0911. The number of nitrogens with two attached hydrogens (primary N) is 1. The molecule has 0 unspecified atom stereocenters. The first-order valence-corrected chi connectivity index (χ1v) is 7.13. The maximum atomic E-state index is 12.3. The fourth-order valence-corrected chi connectivity index (χ4v) is 2.13. The number of alkyl halides is 3. The number of halogens is 3. The van der Waals surface area contributed by atoms with Crippen LogP contribution in [0.2, 0.25) is 0 Å². The van der Waals surface area contributed by atoms with Gasteiger partial charge in [0.05, 0.1) is 0 Å². The van der Waals surface area contributed by atoms with E-state index in [4.69, 9.17) is 5.73 Å². The van der Waals surface area contributed by atoms with Crippen molar-refractivity contribution in [2.24, 2.45) is 11.1 Å². The highest BCUT2D eigenvalue weighted by Crippen LogP contribution is 2.31. The number of hydrogen-bond acceptors (Lipinski definition) is 2. The van der Waals surface area contributed by atoms with E-state index in [2.05, 4.69) is 18.6 Å². The molecule has 0 atom stereocenters. The van der Waals surface area contributed by atoms with E-state index >= 15 is 0 Å².